The van der Waals surface area contributed by atoms with Crippen molar-refractivity contribution < 1.29 is 4.79 Å². The molecule has 4 rings (SSSR count). The third-order valence-corrected chi connectivity index (χ3v) is 7.39. The molecule has 0 aromatic carbocycles. The van der Waals surface area contributed by atoms with Crippen LogP contribution in [0.4, 0.5) is 0 Å². The van der Waals surface area contributed by atoms with Crippen molar-refractivity contribution in [1.82, 2.24) is 10.2 Å². The van der Waals surface area contributed by atoms with E-state index in [0.29, 0.717) is 11.8 Å². The standard InChI is InChI=1S/C18H25N3OS/c1-13-11-20-15-5-2-3-6-18(15)16(13)14(12-23-18)17(22)21-9-4-7-19-8-10-21/h2-3,11,14,16,19H,4-10,12H2,1H3. The summed E-state index contributed by atoms with van der Waals surface area (Å²) < 4.78 is 0.0536. The molecule has 2 saturated heterocycles. The molecule has 0 radical (unpaired) electrons. The van der Waals surface area contributed by atoms with Gasteiger partial charge in [-0.05, 0) is 31.9 Å². The molecule has 4 nitrogen and oxygen atoms in total. The fourth-order valence-electron chi connectivity index (χ4n) is 4.56. The largest absolute Gasteiger partial charge is 0.341 e. The van der Waals surface area contributed by atoms with Crippen LogP contribution in [0.25, 0.3) is 0 Å². The number of hydrogen-bond acceptors (Lipinski definition) is 4. The molecule has 3 atom stereocenters. The van der Waals surface area contributed by atoms with E-state index in [0.717, 1.165) is 51.2 Å². The van der Waals surface area contributed by atoms with Crippen molar-refractivity contribution >= 4 is 23.4 Å². The minimum atomic E-state index is 0.0536. The lowest BCUT2D eigenvalue weighted by Gasteiger charge is -2.41. The Morgan fingerprint density at radius 2 is 2.30 bits per heavy atom. The molecule has 0 saturated carbocycles. The minimum Gasteiger partial charge on any atom is -0.341 e. The van der Waals surface area contributed by atoms with Gasteiger partial charge in [0.2, 0.25) is 5.91 Å². The lowest BCUT2D eigenvalue weighted by molar-refractivity contribution is -0.135. The van der Waals surface area contributed by atoms with Gasteiger partial charge >= 0.3 is 0 Å². The molecule has 5 heteroatoms. The van der Waals surface area contributed by atoms with E-state index in [1.165, 1.54) is 11.3 Å². The first-order chi connectivity index (χ1) is 11.2. The van der Waals surface area contributed by atoms with Crippen LogP contribution in [-0.2, 0) is 4.79 Å². The van der Waals surface area contributed by atoms with Crippen molar-refractivity contribution in [2.45, 2.75) is 30.9 Å². The molecule has 0 aromatic heterocycles. The van der Waals surface area contributed by atoms with Gasteiger partial charge in [-0.1, -0.05) is 12.2 Å². The minimum absolute atomic E-state index is 0.0536. The summed E-state index contributed by atoms with van der Waals surface area (Å²) in [5.74, 6) is 1.75. The molecule has 1 spiro atoms. The molecule has 0 bridgehead atoms. The topological polar surface area (TPSA) is 44.7 Å². The van der Waals surface area contributed by atoms with Gasteiger partial charge in [0.25, 0.3) is 0 Å². The van der Waals surface area contributed by atoms with Crippen LogP contribution in [0.2, 0.25) is 0 Å². The zero-order chi connectivity index (χ0) is 15.9. The number of allylic oxidation sites excluding steroid dienone is 3. The van der Waals surface area contributed by atoms with Crippen LogP contribution >= 0.6 is 11.8 Å². The molecule has 23 heavy (non-hydrogen) atoms. The highest BCUT2D eigenvalue weighted by molar-refractivity contribution is 8.01. The summed E-state index contributed by atoms with van der Waals surface area (Å²) >= 11 is 1.98. The van der Waals surface area contributed by atoms with Crippen molar-refractivity contribution in [2.75, 3.05) is 31.9 Å². The summed E-state index contributed by atoms with van der Waals surface area (Å²) in [5.41, 5.74) is 2.58. The van der Waals surface area contributed by atoms with Gasteiger partial charge < -0.3 is 10.2 Å². The summed E-state index contributed by atoms with van der Waals surface area (Å²) in [6.45, 7) is 5.86. The molecular formula is C18H25N3OS. The van der Waals surface area contributed by atoms with Crippen LogP contribution in [-0.4, -0.2) is 53.2 Å². The fourth-order valence-corrected chi connectivity index (χ4v) is 6.42. The molecule has 3 aliphatic heterocycles. The van der Waals surface area contributed by atoms with E-state index < -0.39 is 0 Å². The number of carbonyl (C=O) groups excluding carboxylic acids is 1. The normalized spacial score (nSPS) is 36.7. The second kappa shape index (κ2) is 6.10. The molecule has 3 heterocycles. The highest BCUT2D eigenvalue weighted by Gasteiger charge is 2.56. The maximum absolute atomic E-state index is 13.2. The molecule has 3 unspecified atom stereocenters. The Balaban J connectivity index is 1.62. The van der Waals surface area contributed by atoms with Crippen LogP contribution in [0, 0.1) is 11.8 Å². The lowest BCUT2D eigenvalue weighted by Crippen LogP contribution is -2.48. The van der Waals surface area contributed by atoms with E-state index in [-0.39, 0.29) is 10.7 Å². The third kappa shape index (κ3) is 2.49. The van der Waals surface area contributed by atoms with Gasteiger partial charge in [-0.2, -0.15) is 0 Å². The van der Waals surface area contributed by atoms with Crippen LogP contribution in [0.5, 0.6) is 0 Å². The molecule has 2 fully saturated rings. The van der Waals surface area contributed by atoms with Gasteiger partial charge in [-0.3, -0.25) is 9.79 Å². The number of hydrogen-bond donors (Lipinski definition) is 1. The number of aliphatic imine (C=N–C) groups is 1. The first kappa shape index (κ1) is 15.5. The van der Waals surface area contributed by atoms with E-state index in [9.17, 15) is 4.79 Å². The third-order valence-electron chi connectivity index (χ3n) is 5.70. The number of nitrogens with one attached hydrogen (secondary N) is 1. The first-order valence-corrected chi connectivity index (χ1v) is 9.73. The summed E-state index contributed by atoms with van der Waals surface area (Å²) in [4.78, 5) is 20.1. The second-order valence-corrected chi connectivity index (χ2v) is 8.39. The zero-order valence-electron chi connectivity index (χ0n) is 13.8. The Hall–Kier alpha value is -1.07. The highest BCUT2D eigenvalue weighted by Crippen LogP contribution is 2.56. The van der Waals surface area contributed by atoms with Crippen molar-refractivity contribution in [2.24, 2.45) is 16.8 Å². The summed E-state index contributed by atoms with van der Waals surface area (Å²) in [6, 6.07) is 0. The smallest absolute Gasteiger partial charge is 0.227 e. The molecule has 124 valence electrons. The van der Waals surface area contributed by atoms with E-state index in [1.54, 1.807) is 0 Å². The predicted octanol–water partition coefficient (Wildman–Crippen LogP) is 2.23. The average molecular weight is 331 g/mol. The van der Waals surface area contributed by atoms with E-state index in [2.05, 4.69) is 29.3 Å². The van der Waals surface area contributed by atoms with Gasteiger partial charge in [0.15, 0.2) is 0 Å². The molecule has 0 aromatic rings. The average Bonchev–Trinajstić information content (AvgIpc) is 2.77. The van der Waals surface area contributed by atoms with Crippen LogP contribution in [0.1, 0.15) is 26.2 Å². The number of amides is 1. The summed E-state index contributed by atoms with van der Waals surface area (Å²) in [6.07, 6.45) is 9.57. The van der Waals surface area contributed by atoms with Crippen LogP contribution in [0.3, 0.4) is 0 Å². The van der Waals surface area contributed by atoms with Crippen LogP contribution < -0.4 is 5.32 Å². The summed E-state index contributed by atoms with van der Waals surface area (Å²) in [7, 11) is 0. The first-order valence-electron chi connectivity index (χ1n) is 8.75. The molecule has 1 amide bonds. The monoisotopic (exact) mass is 331 g/mol. The molecule has 1 aliphatic carbocycles. The van der Waals surface area contributed by atoms with E-state index in [4.69, 9.17) is 4.99 Å². The number of carbonyl (C=O) groups is 1. The Morgan fingerprint density at radius 1 is 1.39 bits per heavy atom. The Kier molecular flexibility index (Phi) is 4.10. The SMILES string of the molecule is CC1=CN=C2CC=CCC23SCC(C(=O)N2CCCNCC2)C13. The second-order valence-electron chi connectivity index (χ2n) is 7.04. The molecule has 1 N–H and O–H groups in total. The Bertz CT molecular complexity index is 589. The van der Waals surface area contributed by atoms with Crippen molar-refractivity contribution in [3.8, 4) is 0 Å². The number of rotatable bonds is 1. The van der Waals surface area contributed by atoms with Crippen molar-refractivity contribution in [3.63, 3.8) is 0 Å². The van der Waals surface area contributed by atoms with E-state index in [1.807, 2.05) is 18.0 Å². The molecule has 4 aliphatic rings. The summed E-state index contributed by atoms with van der Waals surface area (Å²) in [5, 5.41) is 3.39. The lowest BCUT2D eigenvalue weighted by atomic mass is 9.70. The van der Waals surface area contributed by atoms with Gasteiger partial charge in [0.05, 0.1) is 10.7 Å². The maximum Gasteiger partial charge on any atom is 0.227 e. The van der Waals surface area contributed by atoms with Crippen LogP contribution in [0.15, 0.2) is 28.9 Å². The van der Waals surface area contributed by atoms with E-state index >= 15 is 0 Å². The Morgan fingerprint density at radius 3 is 3.22 bits per heavy atom. The molecular weight excluding hydrogens is 306 g/mol. The predicted molar refractivity (Wildman–Crippen MR) is 95.8 cm³/mol. The Labute approximate surface area is 142 Å². The van der Waals surface area contributed by atoms with Gasteiger partial charge in [-0.15, -0.1) is 11.8 Å². The van der Waals surface area contributed by atoms with Gasteiger partial charge in [0.1, 0.15) is 0 Å². The van der Waals surface area contributed by atoms with Crippen molar-refractivity contribution in [1.29, 1.82) is 0 Å². The van der Waals surface area contributed by atoms with Gasteiger partial charge in [0, 0.05) is 49.6 Å². The maximum atomic E-state index is 13.2. The number of nitrogens with zero attached hydrogens (tertiary/aromatic N) is 2. The highest BCUT2D eigenvalue weighted by atomic mass is 32.2. The quantitative estimate of drug-likeness (QED) is 0.750. The van der Waals surface area contributed by atoms with Gasteiger partial charge in [-0.25, -0.2) is 0 Å². The van der Waals surface area contributed by atoms with Crippen molar-refractivity contribution in [3.05, 3.63) is 23.9 Å². The fraction of sp³-hybridized carbons (Fsp3) is 0.667. The zero-order valence-corrected chi connectivity index (χ0v) is 14.6. The number of thioether (sulfide) groups is 1.